The van der Waals surface area contributed by atoms with Gasteiger partial charge in [-0.05, 0) is 33.6 Å². The van der Waals surface area contributed by atoms with E-state index in [1.54, 1.807) is 32.9 Å². The Morgan fingerprint density at radius 1 is 1.15 bits per heavy atom. The van der Waals surface area contributed by atoms with E-state index in [9.17, 15) is 18.9 Å². The van der Waals surface area contributed by atoms with Gasteiger partial charge in [0.2, 0.25) is 11.8 Å². The van der Waals surface area contributed by atoms with Gasteiger partial charge in [-0.25, -0.2) is 0 Å². The highest BCUT2D eigenvalue weighted by Gasteiger charge is 2.65. The van der Waals surface area contributed by atoms with Crippen molar-refractivity contribution in [3.05, 3.63) is 12.2 Å². The zero-order valence-electron chi connectivity index (χ0n) is 15.4. The average Bonchev–Trinajstić information content (AvgIpc) is 2.93. The van der Waals surface area contributed by atoms with E-state index in [4.69, 9.17) is 13.8 Å². The summed E-state index contributed by atoms with van der Waals surface area (Å²) in [6, 6.07) is -1.05. The minimum atomic E-state index is -4.05. The first kappa shape index (κ1) is 20.8. The fourth-order valence-corrected chi connectivity index (χ4v) is 5.97. The second-order valence-electron chi connectivity index (χ2n) is 6.05. The first-order chi connectivity index (χ1) is 12.4. The van der Waals surface area contributed by atoms with E-state index in [-0.39, 0.29) is 39.1 Å². The van der Waals surface area contributed by atoms with Crippen LogP contribution in [-0.2, 0) is 32.7 Å². The molecule has 8 nitrogen and oxygen atoms in total. The summed E-state index contributed by atoms with van der Waals surface area (Å²) in [6.45, 7) is 5.09. The van der Waals surface area contributed by atoms with Gasteiger partial charge in [0.1, 0.15) is 0 Å². The molecule has 146 valence electrons. The zero-order valence-corrected chi connectivity index (χ0v) is 16.3. The van der Waals surface area contributed by atoms with Crippen molar-refractivity contribution in [2.45, 2.75) is 57.7 Å². The molecule has 2 rings (SSSR count). The van der Waals surface area contributed by atoms with Crippen LogP contribution in [0.25, 0.3) is 0 Å². The van der Waals surface area contributed by atoms with E-state index in [1.807, 2.05) is 0 Å². The largest absolute Gasteiger partial charge is 0.465 e. The molecule has 0 aromatic rings. The molecule has 2 aliphatic rings. The fourth-order valence-electron chi connectivity index (χ4n) is 3.54. The molecule has 0 unspecified atom stereocenters. The number of nitrogens with zero attached hydrogens (tertiary/aromatic N) is 1. The van der Waals surface area contributed by atoms with Crippen molar-refractivity contribution in [2.24, 2.45) is 0 Å². The van der Waals surface area contributed by atoms with Gasteiger partial charge in [0, 0.05) is 12.8 Å². The molecule has 0 aromatic heterocycles. The van der Waals surface area contributed by atoms with Crippen LogP contribution in [0, 0.1) is 0 Å². The SMILES string of the molecule is CCOC(=O)[C@@]1(P(=O)(OCC)OCC)CCC=C[C@H]1N1C(=O)CCC1=O. The minimum Gasteiger partial charge on any atom is -0.465 e. The van der Waals surface area contributed by atoms with Gasteiger partial charge in [0.15, 0.2) is 5.16 Å². The molecule has 0 saturated carbocycles. The van der Waals surface area contributed by atoms with Gasteiger partial charge >= 0.3 is 13.6 Å². The molecule has 9 heteroatoms. The number of carbonyl (C=O) groups is 3. The van der Waals surface area contributed by atoms with Gasteiger partial charge in [-0.2, -0.15) is 0 Å². The summed E-state index contributed by atoms with van der Waals surface area (Å²) < 4.78 is 30.0. The highest BCUT2D eigenvalue weighted by Crippen LogP contribution is 2.65. The van der Waals surface area contributed by atoms with Crippen molar-refractivity contribution >= 4 is 25.4 Å². The lowest BCUT2D eigenvalue weighted by molar-refractivity contribution is -0.151. The number of carbonyl (C=O) groups excluding carboxylic acids is 3. The second-order valence-corrected chi connectivity index (χ2v) is 8.36. The van der Waals surface area contributed by atoms with Crippen LogP contribution in [0.4, 0.5) is 0 Å². The van der Waals surface area contributed by atoms with E-state index in [0.717, 1.165) is 4.90 Å². The summed E-state index contributed by atoms with van der Waals surface area (Å²) in [5.74, 6) is -1.58. The van der Waals surface area contributed by atoms with Gasteiger partial charge in [-0.15, -0.1) is 0 Å². The van der Waals surface area contributed by atoms with Crippen LogP contribution in [0.2, 0.25) is 0 Å². The molecule has 1 heterocycles. The normalized spacial score (nSPS) is 26.4. The molecule has 0 radical (unpaired) electrons. The molecule has 0 spiro atoms. The van der Waals surface area contributed by atoms with E-state index >= 15 is 0 Å². The van der Waals surface area contributed by atoms with Gasteiger partial charge in [0.25, 0.3) is 0 Å². The summed E-state index contributed by atoms with van der Waals surface area (Å²) in [4.78, 5) is 38.8. The molecule has 0 bridgehead atoms. The third-order valence-electron chi connectivity index (χ3n) is 4.58. The van der Waals surface area contributed by atoms with Crippen LogP contribution in [0.5, 0.6) is 0 Å². The van der Waals surface area contributed by atoms with Gasteiger partial charge < -0.3 is 13.8 Å². The molecule has 2 atom stereocenters. The number of allylic oxidation sites excluding steroid dienone is 1. The maximum atomic E-state index is 13.8. The van der Waals surface area contributed by atoms with Crippen molar-refractivity contribution in [1.82, 2.24) is 4.90 Å². The van der Waals surface area contributed by atoms with E-state index < -0.39 is 36.6 Å². The topological polar surface area (TPSA) is 99.2 Å². The Kier molecular flexibility index (Phi) is 6.77. The number of rotatable bonds is 8. The molecule has 0 N–H and O–H groups in total. The third kappa shape index (κ3) is 3.38. The Morgan fingerprint density at radius 2 is 1.73 bits per heavy atom. The lowest BCUT2D eigenvalue weighted by Crippen LogP contribution is -2.59. The average molecular weight is 387 g/mol. The molecule has 1 saturated heterocycles. The van der Waals surface area contributed by atoms with Crippen molar-refractivity contribution in [1.29, 1.82) is 0 Å². The molecule has 1 aliphatic heterocycles. The maximum absolute atomic E-state index is 13.8. The lowest BCUT2D eigenvalue weighted by Gasteiger charge is -2.45. The maximum Gasteiger partial charge on any atom is 0.350 e. The minimum absolute atomic E-state index is 0.0523. The first-order valence-corrected chi connectivity index (χ1v) is 10.5. The Bertz CT molecular complexity index is 621. The van der Waals surface area contributed by atoms with E-state index in [1.165, 1.54) is 0 Å². The fraction of sp³-hybridized carbons (Fsp3) is 0.706. The van der Waals surface area contributed by atoms with Crippen LogP contribution < -0.4 is 0 Å². The quantitative estimate of drug-likeness (QED) is 0.273. The zero-order chi connectivity index (χ0) is 19.4. The highest BCUT2D eigenvalue weighted by molar-refractivity contribution is 7.57. The Hall–Kier alpha value is -1.50. The Morgan fingerprint density at radius 3 is 2.23 bits per heavy atom. The van der Waals surface area contributed by atoms with Crippen molar-refractivity contribution in [3.63, 3.8) is 0 Å². The smallest absolute Gasteiger partial charge is 0.350 e. The number of imide groups is 1. The summed E-state index contributed by atoms with van der Waals surface area (Å²) in [5, 5.41) is -1.76. The highest BCUT2D eigenvalue weighted by atomic mass is 31.2. The predicted molar refractivity (Wildman–Crippen MR) is 93.5 cm³/mol. The third-order valence-corrected chi connectivity index (χ3v) is 7.43. The number of amides is 2. The molecule has 0 aromatic carbocycles. The molecular weight excluding hydrogens is 361 g/mol. The number of hydrogen-bond acceptors (Lipinski definition) is 7. The summed E-state index contributed by atoms with van der Waals surface area (Å²) in [7, 11) is -4.05. The molecule has 1 aliphatic carbocycles. The van der Waals surface area contributed by atoms with Crippen LogP contribution >= 0.6 is 7.60 Å². The summed E-state index contributed by atoms with van der Waals surface area (Å²) >= 11 is 0. The van der Waals surface area contributed by atoms with Crippen LogP contribution in [0.1, 0.15) is 46.5 Å². The monoisotopic (exact) mass is 387 g/mol. The van der Waals surface area contributed by atoms with Crippen LogP contribution in [-0.4, -0.2) is 53.7 Å². The van der Waals surface area contributed by atoms with E-state index in [0.29, 0.717) is 6.42 Å². The lowest BCUT2D eigenvalue weighted by atomic mass is 9.87. The number of esters is 1. The molecular formula is C17H26NO7P. The second kappa shape index (κ2) is 8.46. The summed E-state index contributed by atoms with van der Waals surface area (Å²) in [5.41, 5.74) is 0. The van der Waals surface area contributed by atoms with E-state index in [2.05, 4.69) is 0 Å². The number of likely N-dealkylation sites (tertiary alicyclic amines) is 1. The van der Waals surface area contributed by atoms with Crippen molar-refractivity contribution in [2.75, 3.05) is 19.8 Å². The number of hydrogen-bond donors (Lipinski definition) is 0. The van der Waals surface area contributed by atoms with Crippen molar-refractivity contribution in [3.8, 4) is 0 Å². The van der Waals surface area contributed by atoms with Gasteiger partial charge in [-0.3, -0.25) is 23.8 Å². The van der Waals surface area contributed by atoms with Gasteiger partial charge in [-0.1, -0.05) is 12.2 Å². The van der Waals surface area contributed by atoms with Crippen molar-refractivity contribution < 1.29 is 32.7 Å². The Balaban J connectivity index is 2.65. The summed E-state index contributed by atoms with van der Waals surface area (Å²) in [6.07, 6.45) is 4.00. The van der Waals surface area contributed by atoms with Crippen LogP contribution in [0.15, 0.2) is 12.2 Å². The Labute approximate surface area is 153 Å². The molecule has 2 amide bonds. The number of ether oxygens (including phenoxy) is 1. The molecule has 26 heavy (non-hydrogen) atoms. The predicted octanol–water partition coefficient (Wildman–Crippen LogP) is 2.42. The first-order valence-electron chi connectivity index (χ1n) is 8.95. The van der Waals surface area contributed by atoms with Gasteiger partial charge in [0.05, 0.1) is 25.9 Å². The molecule has 1 fully saturated rings. The standard InChI is InChI=1S/C17H26NO7P/c1-4-23-16(21)17(26(22,24-5-2)25-6-3)12-8-7-9-13(17)18-14(19)10-11-15(18)20/h7,9,13H,4-6,8,10-12H2,1-3H3/t13-,17-/m1/s1. The van der Waals surface area contributed by atoms with Crippen LogP contribution in [0.3, 0.4) is 0 Å².